The van der Waals surface area contributed by atoms with E-state index in [1.165, 1.54) is 18.2 Å². The number of nitriles is 1. The third-order valence-corrected chi connectivity index (χ3v) is 1.56. The predicted molar refractivity (Wildman–Crippen MR) is 45.8 cm³/mol. The van der Waals surface area contributed by atoms with Crippen LogP contribution in [0.4, 0.5) is 4.39 Å². The van der Waals surface area contributed by atoms with E-state index in [9.17, 15) is 4.39 Å². The zero-order valence-corrected chi connectivity index (χ0v) is 6.76. The van der Waals surface area contributed by atoms with Crippen molar-refractivity contribution in [2.75, 3.05) is 0 Å². The maximum Gasteiger partial charge on any atom is 0.123 e. The highest BCUT2D eigenvalue weighted by Gasteiger charge is 2.02. The summed E-state index contributed by atoms with van der Waals surface area (Å²) in [7, 11) is 0. The lowest BCUT2D eigenvalue weighted by Crippen LogP contribution is -1.87. The van der Waals surface area contributed by atoms with Crippen molar-refractivity contribution in [3.8, 4) is 6.07 Å². The Morgan fingerprint density at radius 1 is 1.58 bits per heavy atom. The number of benzene rings is 1. The SMILES string of the molecule is C=C(C)c1cc(F)ccc1C#N. The van der Waals surface area contributed by atoms with Crippen molar-refractivity contribution in [1.29, 1.82) is 5.26 Å². The monoisotopic (exact) mass is 161 g/mol. The van der Waals surface area contributed by atoms with Crippen molar-refractivity contribution in [2.45, 2.75) is 6.92 Å². The minimum Gasteiger partial charge on any atom is -0.207 e. The lowest BCUT2D eigenvalue weighted by molar-refractivity contribution is 0.627. The first kappa shape index (κ1) is 8.48. The van der Waals surface area contributed by atoms with Crippen LogP contribution in [0.15, 0.2) is 24.8 Å². The van der Waals surface area contributed by atoms with E-state index in [4.69, 9.17) is 5.26 Å². The maximum atomic E-state index is 12.7. The van der Waals surface area contributed by atoms with Gasteiger partial charge < -0.3 is 0 Å². The molecule has 0 amide bonds. The highest BCUT2D eigenvalue weighted by molar-refractivity contribution is 5.67. The summed E-state index contributed by atoms with van der Waals surface area (Å²) in [6, 6.07) is 6.02. The molecule has 2 heteroatoms. The molecule has 0 radical (unpaired) electrons. The quantitative estimate of drug-likeness (QED) is 0.621. The third kappa shape index (κ3) is 1.51. The van der Waals surface area contributed by atoms with Crippen LogP contribution in [0.1, 0.15) is 18.1 Å². The van der Waals surface area contributed by atoms with E-state index in [0.717, 1.165) is 0 Å². The highest BCUT2D eigenvalue weighted by Crippen LogP contribution is 2.17. The van der Waals surface area contributed by atoms with Gasteiger partial charge in [-0.25, -0.2) is 4.39 Å². The summed E-state index contributed by atoms with van der Waals surface area (Å²) in [5.74, 6) is -0.341. The number of halogens is 1. The Morgan fingerprint density at radius 2 is 2.25 bits per heavy atom. The zero-order chi connectivity index (χ0) is 9.14. The van der Waals surface area contributed by atoms with E-state index in [2.05, 4.69) is 6.58 Å². The van der Waals surface area contributed by atoms with E-state index in [-0.39, 0.29) is 5.82 Å². The lowest BCUT2D eigenvalue weighted by Gasteiger charge is -2.01. The highest BCUT2D eigenvalue weighted by atomic mass is 19.1. The fourth-order valence-corrected chi connectivity index (χ4v) is 0.967. The normalized spacial score (nSPS) is 9.08. The summed E-state index contributed by atoms with van der Waals surface area (Å²) >= 11 is 0. The Labute approximate surface area is 70.8 Å². The Morgan fingerprint density at radius 3 is 2.75 bits per heavy atom. The molecular formula is C10H8FN. The molecule has 0 unspecified atom stereocenters. The summed E-state index contributed by atoms with van der Waals surface area (Å²) in [5.41, 5.74) is 1.74. The van der Waals surface area contributed by atoms with Crippen LogP contribution in [-0.4, -0.2) is 0 Å². The second-order valence-corrected chi connectivity index (χ2v) is 2.58. The summed E-state index contributed by atoms with van der Waals surface area (Å²) in [6.07, 6.45) is 0. The Hall–Kier alpha value is -1.62. The van der Waals surface area contributed by atoms with Crippen LogP contribution in [0.3, 0.4) is 0 Å². The molecule has 0 saturated carbocycles. The molecule has 1 aromatic carbocycles. The molecule has 0 heterocycles. The van der Waals surface area contributed by atoms with Gasteiger partial charge in [0.15, 0.2) is 0 Å². The largest absolute Gasteiger partial charge is 0.207 e. The fraction of sp³-hybridized carbons (Fsp3) is 0.100. The van der Waals surface area contributed by atoms with E-state index >= 15 is 0 Å². The van der Waals surface area contributed by atoms with Gasteiger partial charge in [0.2, 0.25) is 0 Å². The Balaban J connectivity index is 3.34. The first-order valence-electron chi connectivity index (χ1n) is 3.50. The number of allylic oxidation sites excluding steroid dienone is 1. The molecule has 0 aliphatic rings. The average Bonchev–Trinajstić information content (AvgIpc) is 2.04. The van der Waals surface area contributed by atoms with E-state index in [0.29, 0.717) is 16.7 Å². The second-order valence-electron chi connectivity index (χ2n) is 2.58. The molecule has 1 nitrogen and oxygen atoms in total. The third-order valence-electron chi connectivity index (χ3n) is 1.56. The van der Waals surface area contributed by atoms with Gasteiger partial charge in [-0.3, -0.25) is 0 Å². The minimum absolute atomic E-state index is 0.341. The standard InChI is InChI=1S/C10H8FN/c1-7(2)10-5-9(11)4-3-8(10)6-12/h3-5H,1H2,2H3. The first-order chi connectivity index (χ1) is 5.65. The number of hydrogen-bond donors (Lipinski definition) is 0. The average molecular weight is 161 g/mol. The van der Waals surface area contributed by atoms with Gasteiger partial charge in [-0.1, -0.05) is 6.58 Å². The van der Waals surface area contributed by atoms with Gasteiger partial charge in [0.05, 0.1) is 11.6 Å². The lowest BCUT2D eigenvalue weighted by atomic mass is 10.0. The first-order valence-corrected chi connectivity index (χ1v) is 3.50. The van der Waals surface area contributed by atoms with Gasteiger partial charge in [0.1, 0.15) is 5.82 Å². The van der Waals surface area contributed by atoms with Crippen LogP contribution >= 0.6 is 0 Å². The van der Waals surface area contributed by atoms with Gasteiger partial charge in [0.25, 0.3) is 0 Å². The molecule has 0 aliphatic heterocycles. The molecule has 0 fully saturated rings. The van der Waals surface area contributed by atoms with Gasteiger partial charge in [-0.2, -0.15) is 5.26 Å². The van der Waals surface area contributed by atoms with Crippen LogP contribution in [0, 0.1) is 17.1 Å². The molecule has 0 saturated heterocycles. The minimum atomic E-state index is -0.341. The molecule has 0 N–H and O–H groups in total. The van der Waals surface area contributed by atoms with Gasteiger partial charge >= 0.3 is 0 Å². The van der Waals surface area contributed by atoms with Crippen LogP contribution < -0.4 is 0 Å². The van der Waals surface area contributed by atoms with Gasteiger partial charge in [0, 0.05) is 0 Å². The van der Waals surface area contributed by atoms with Crippen molar-refractivity contribution in [2.24, 2.45) is 0 Å². The Kier molecular flexibility index (Phi) is 2.25. The molecule has 0 aliphatic carbocycles. The van der Waals surface area contributed by atoms with E-state index in [1.54, 1.807) is 6.92 Å². The van der Waals surface area contributed by atoms with Gasteiger partial charge in [-0.15, -0.1) is 0 Å². The second kappa shape index (κ2) is 3.19. The molecule has 1 aromatic rings. The molecule has 0 aromatic heterocycles. The van der Waals surface area contributed by atoms with Crippen molar-refractivity contribution in [1.82, 2.24) is 0 Å². The summed E-state index contributed by atoms with van der Waals surface area (Å²) in [6.45, 7) is 5.40. The molecule has 0 spiro atoms. The molecule has 1 rings (SSSR count). The molecule has 12 heavy (non-hydrogen) atoms. The summed E-state index contributed by atoms with van der Waals surface area (Å²) in [4.78, 5) is 0. The Bertz CT molecular complexity index is 361. The van der Waals surface area contributed by atoms with E-state index in [1.807, 2.05) is 6.07 Å². The molecule has 60 valence electrons. The smallest absolute Gasteiger partial charge is 0.123 e. The van der Waals surface area contributed by atoms with Crippen LogP contribution in [0.5, 0.6) is 0 Å². The number of hydrogen-bond acceptors (Lipinski definition) is 1. The van der Waals surface area contributed by atoms with E-state index < -0.39 is 0 Å². The van der Waals surface area contributed by atoms with Crippen molar-refractivity contribution in [3.05, 3.63) is 41.7 Å². The van der Waals surface area contributed by atoms with Crippen molar-refractivity contribution < 1.29 is 4.39 Å². The maximum absolute atomic E-state index is 12.7. The summed E-state index contributed by atoms with van der Waals surface area (Å²) in [5, 5.41) is 8.64. The molecule has 0 atom stereocenters. The van der Waals surface area contributed by atoms with Crippen LogP contribution in [0.25, 0.3) is 5.57 Å². The van der Waals surface area contributed by atoms with Crippen molar-refractivity contribution >= 4 is 5.57 Å². The predicted octanol–water partition coefficient (Wildman–Crippen LogP) is 2.73. The van der Waals surface area contributed by atoms with Crippen LogP contribution in [0.2, 0.25) is 0 Å². The molecule has 0 bridgehead atoms. The zero-order valence-electron chi connectivity index (χ0n) is 6.76. The van der Waals surface area contributed by atoms with Gasteiger partial charge in [-0.05, 0) is 36.3 Å². The topological polar surface area (TPSA) is 23.8 Å². The van der Waals surface area contributed by atoms with Crippen LogP contribution in [-0.2, 0) is 0 Å². The molecular weight excluding hydrogens is 153 g/mol. The number of nitrogens with zero attached hydrogens (tertiary/aromatic N) is 1. The number of rotatable bonds is 1. The summed E-state index contributed by atoms with van der Waals surface area (Å²) < 4.78 is 12.7. The fourth-order valence-electron chi connectivity index (χ4n) is 0.967. The van der Waals surface area contributed by atoms with Crippen molar-refractivity contribution in [3.63, 3.8) is 0 Å².